The molecule has 0 unspecified atom stereocenters. The average molecular weight is 386 g/mol. The normalized spacial score (nSPS) is 13.4. The van der Waals surface area contributed by atoms with E-state index >= 15 is 0 Å². The zero-order chi connectivity index (χ0) is 18.8. The lowest BCUT2D eigenvalue weighted by Crippen LogP contribution is -1.95. The minimum absolute atomic E-state index is 0.152. The zero-order valence-corrected chi connectivity index (χ0v) is 15.8. The Morgan fingerprint density at radius 3 is 2.48 bits per heavy atom. The molecule has 27 heavy (non-hydrogen) atoms. The molecule has 0 atom stereocenters. The summed E-state index contributed by atoms with van der Waals surface area (Å²) in [6.07, 6.45) is 4.04. The molecule has 1 aliphatic rings. The van der Waals surface area contributed by atoms with Gasteiger partial charge in [-0.05, 0) is 49.1 Å². The second-order valence-electron chi connectivity index (χ2n) is 6.20. The summed E-state index contributed by atoms with van der Waals surface area (Å²) in [7, 11) is 3.13. The zero-order valence-electron chi connectivity index (χ0n) is 15.0. The molecular formula is C20H19FN2O3S. The summed E-state index contributed by atoms with van der Waals surface area (Å²) in [6, 6.07) is 10.1. The highest BCUT2D eigenvalue weighted by Gasteiger charge is 2.22. The van der Waals surface area contributed by atoms with Gasteiger partial charge in [0.05, 0.1) is 19.7 Å². The molecule has 0 radical (unpaired) electrons. The summed E-state index contributed by atoms with van der Waals surface area (Å²) in [5.74, 6) is 1.35. The van der Waals surface area contributed by atoms with Crippen molar-refractivity contribution in [3.63, 3.8) is 0 Å². The first kappa shape index (κ1) is 17.7. The molecule has 1 fully saturated rings. The standard InChI is InChI=1S/C20H19FN2O3S/c1-24-19-10-14-16(11-20(19)25-2)22-8-7-17(14)26-18-6-3-12(9-15(18)21)23-27-13-4-5-13/h3,6-11,13,23H,4-5H2,1-2H3. The van der Waals surface area contributed by atoms with Gasteiger partial charge in [-0.2, -0.15) is 0 Å². The number of benzene rings is 2. The van der Waals surface area contributed by atoms with Crippen LogP contribution in [0.5, 0.6) is 23.0 Å². The molecule has 0 bridgehead atoms. The fourth-order valence-corrected chi connectivity index (χ4v) is 3.44. The Hall–Kier alpha value is -2.67. The second-order valence-corrected chi connectivity index (χ2v) is 7.31. The van der Waals surface area contributed by atoms with E-state index < -0.39 is 5.82 Å². The van der Waals surface area contributed by atoms with Gasteiger partial charge in [-0.15, -0.1) is 0 Å². The van der Waals surface area contributed by atoms with Crippen LogP contribution < -0.4 is 18.9 Å². The number of anilines is 1. The SMILES string of the molecule is COc1cc2nccc(Oc3ccc(NSC4CC4)cc3F)c2cc1OC. The van der Waals surface area contributed by atoms with Gasteiger partial charge in [-0.3, -0.25) is 4.98 Å². The molecule has 1 heterocycles. The highest BCUT2D eigenvalue weighted by molar-refractivity contribution is 8.01. The van der Waals surface area contributed by atoms with Crippen LogP contribution in [0.4, 0.5) is 10.1 Å². The minimum Gasteiger partial charge on any atom is -0.493 e. The van der Waals surface area contributed by atoms with Crippen LogP contribution in [-0.4, -0.2) is 24.5 Å². The molecule has 1 N–H and O–H groups in total. The molecule has 0 spiro atoms. The van der Waals surface area contributed by atoms with E-state index in [1.807, 2.05) is 0 Å². The predicted molar refractivity (Wildman–Crippen MR) is 106 cm³/mol. The van der Waals surface area contributed by atoms with E-state index in [1.54, 1.807) is 62.7 Å². The Labute approximate surface area is 161 Å². The molecule has 0 aliphatic heterocycles. The quantitative estimate of drug-likeness (QED) is 0.548. The Morgan fingerprint density at radius 1 is 1.00 bits per heavy atom. The first-order chi connectivity index (χ1) is 13.2. The molecular weight excluding hydrogens is 367 g/mol. The van der Waals surface area contributed by atoms with Crippen LogP contribution in [0.25, 0.3) is 10.9 Å². The topological polar surface area (TPSA) is 52.6 Å². The van der Waals surface area contributed by atoms with Crippen molar-refractivity contribution in [1.82, 2.24) is 4.98 Å². The van der Waals surface area contributed by atoms with E-state index in [0.29, 0.717) is 33.4 Å². The molecule has 4 rings (SSSR count). The van der Waals surface area contributed by atoms with Crippen molar-refractivity contribution in [3.05, 3.63) is 48.4 Å². The highest BCUT2D eigenvalue weighted by Crippen LogP contribution is 2.38. The maximum absolute atomic E-state index is 14.5. The van der Waals surface area contributed by atoms with E-state index in [0.717, 1.165) is 5.69 Å². The van der Waals surface area contributed by atoms with Gasteiger partial charge in [-0.25, -0.2) is 4.39 Å². The Bertz CT molecular complexity index is 979. The van der Waals surface area contributed by atoms with Crippen molar-refractivity contribution in [2.75, 3.05) is 18.9 Å². The predicted octanol–water partition coefficient (Wildman–Crippen LogP) is 5.41. The monoisotopic (exact) mass is 386 g/mol. The van der Waals surface area contributed by atoms with Crippen molar-refractivity contribution in [2.45, 2.75) is 18.1 Å². The van der Waals surface area contributed by atoms with Crippen LogP contribution in [0.2, 0.25) is 0 Å². The van der Waals surface area contributed by atoms with Crippen molar-refractivity contribution < 1.29 is 18.6 Å². The molecule has 1 aliphatic carbocycles. The number of pyridine rings is 1. The third-order valence-electron chi connectivity index (χ3n) is 4.23. The van der Waals surface area contributed by atoms with Crippen LogP contribution in [0, 0.1) is 5.82 Å². The van der Waals surface area contributed by atoms with Gasteiger partial charge in [0.1, 0.15) is 5.75 Å². The van der Waals surface area contributed by atoms with Crippen molar-refractivity contribution in [2.24, 2.45) is 0 Å². The Balaban J connectivity index is 1.62. The Morgan fingerprint density at radius 2 is 1.78 bits per heavy atom. The number of methoxy groups -OCH3 is 2. The lowest BCUT2D eigenvalue weighted by Gasteiger charge is -2.13. The second kappa shape index (κ2) is 7.52. The van der Waals surface area contributed by atoms with Gasteiger partial charge in [0, 0.05) is 34.7 Å². The number of ether oxygens (including phenoxy) is 3. The fraction of sp³-hybridized carbons (Fsp3) is 0.250. The van der Waals surface area contributed by atoms with Crippen molar-refractivity contribution >= 4 is 28.5 Å². The molecule has 3 aromatic rings. The molecule has 2 aromatic carbocycles. The van der Waals surface area contributed by atoms with Gasteiger partial charge < -0.3 is 18.9 Å². The van der Waals surface area contributed by atoms with Crippen LogP contribution >= 0.6 is 11.9 Å². The Kier molecular flexibility index (Phi) is 4.94. The molecule has 5 nitrogen and oxygen atoms in total. The smallest absolute Gasteiger partial charge is 0.167 e. The molecule has 7 heteroatoms. The first-order valence-corrected chi connectivity index (χ1v) is 9.45. The summed E-state index contributed by atoms with van der Waals surface area (Å²) >= 11 is 1.63. The third kappa shape index (κ3) is 3.88. The van der Waals surface area contributed by atoms with Crippen LogP contribution in [-0.2, 0) is 0 Å². The summed E-state index contributed by atoms with van der Waals surface area (Å²) in [5, 5.41) is 1.35. The summed E-state index contributed by atoms with van der Waals surface area (Å²) in [4.78, 5) is 4.33. The van der Waals surface area contributed by atoms with Gasteiger partial charge in [0.15, 0.2) is 23.1 Å². The number of nitrogens with zero attached hydrogens (tertiary/aromatic N) is 1. The van der Waals surface area contributed by atoms with Gasteiger partial charge in [-0.1, -0.05) is 0 Å². The maximum Gasteiger partial charge on any atom is 0.167 e. The summed E-state index contributed by atoms with van der Waals surface area (Å²) < 4.78 is 34.2. The molecule has 1 aromatic heterocycles. The fourth-order valence-electron chi connectivity index (χ4n) is 2.64. The maximum atomic E-state index is 14.5. The van der Waals surface area contributed by atoms with Crippen LogP contribution in [0.15, 0.2) is 42.6 Å². The lowest BCUT2D eigenvalue weighted by atomic mass is 10.2. The van der Waals surface area contributed by atoms with E-state index in [-0.39, 0.29) is 5.75 Å². The molecule has 1 saturated carbocycles. The van der Waals surface area contributed by atoms with E-state index in [1.165, 1.54) is 18.9 Å². The molecule has 140 valence electrons. The average Bonchev–Trinajstić information content (AvgIpc) is 3.52. The van der Waals surface area contributed by atoms with E-state index in [9.17, 15) is 4.39 Å². The highest BCUT2D eigenvalue weighted by atomic mass is 32.2. The molecule has 0 saturated heterocycles. The van der Waals surface area contributed by atoms with Gasteiger partial charge in [0.25, 0.3) is 0 Å². The number of hydrogen-bond acceptors (Lipinski definition) is 6. The number of halogens is 1. The number of aromatic nitrogens is 1. The van der Waals surface area contributed by atoms with E-state index in [2.05, 4.69) is 9.71 Å². The summed E-state index contributed by atoms with van der Waals surface area (Å²) in [6.45, 7) is 0. The third-order valence-corrected chi connectivity index (χ3v) is 5.38. The largest absolute Gasteiger partial charge is 0.493 e. The van der Waals surface area contributed by atoms with Crippen molar-refractivity contribution in [1.29, 1.82) is 0 Å². The van der Waals surface area contributed by atoms with Crippen molar-refractivity contribution in [3.8, 4) is 23.0 Å². The number of hydrogen-bond donors (Lipinski definition) is 1. The number of fused-ring (bicyclic) bond motifs is 1. The lowest BCUT2D eigenvalue weighted by molar-refractivity contribution is 0.355. The minimum atomic E-state index is -0.429. The number of nitrogens with one attached hydrogen (secondary N) is 1. The van der Waals surface area contributed by atoms with Gasteiger partial charge in [0.2, 0.25) is 0 Å². The van der Waals surface area contributed by atoms with E-state index in [4.69, 9.17) is 14.2 Å². The van der Waals surface area contributed by atoms with Crippen LogP contribution in [0.1, 0.15) is 12.8 Å². The molecule has 0 amide bonds. The van der Waals surface area contributed by atoms with Crippen LogP contribution in [0.3, 0.4) is 0 Å². The summed E-state index contributed by atoms with van der Waals surface area (Å²) in [5.41, 5.74) is 1.40. The van der Waals surface area contributed by atoms with Gasteiger partial charge >= 0.3 is 0 Å². The first-order valence-electron chi connectivity index (χ1n) is 8.57. The number of rotatable bonds is 7.